The van der Waals surface area contributed by atoms with Crippen LogP contribution < -0.4 is 0 Å². The van der Waals surface area contributed by atoms with Crippen LogP contribution in [0.5, 0.6) is 0 Å². The highest BCUT2D eigenvalue weighted by Gasteiger charge is 2.55. The number of hydrogen-bond acceptors (Lipinski definition) is 16. The second-order valence-electron chi connectivity index (χ2n) is 8.45. The van der Waals surface area contributed by atoms with Gasteiger partial charge in [0, 0.05) is 0 Å². The van der Waals surface area contributed by atoms with E-state index in [2.05, 4.69) is 0 Å². The lowest BCUT2D eigenvalue weighted by atomic mass is 9.96. The van der Waals surface area contributed by atoms with Gasteiger partial charge in [-0.05, 0) is 0 Å². The van der Waals surface area contributed by atoms with Crippen LogP contribution >= 0.6 is 0 Å². The molecule has 0 bridgehead atoms. The molecule has 14 atom stereocenters. The summed E-state index contributed by atoms with van der Waals surface area (Å²) in [6.07, 6.45) is -22.2. The molecule has 0 saturated carbocycles. The number of rotatable bonds is 7. The van der Waals surface area contributed by atoms with Crippen LogP contribution in [-0.2, 0) is 23.7 Å². The smallest absolute Gasteiger partial charge is 0.223 e. The summed E-state index contributed by atoms with van der Waals surface area (Å²) in [6.45, 7) is -2.96. The molecule has 200 valence electrons. The first-order chi connectivity index (χ1) is 16.0. The summed E-state index contributed by atoms with van der Waals surface area (Å²) in [5.41, 5.74) is 0. The zero-order valence-electron chi connectivity index (χ0n) is 17.8. The van der Waals surface area contributed by atoms with Gasteiger partial charge in [-0.15, -0.1) is 0 Å². The van der Waals surface area contributed by atoms with E-state index < -0.39 is 112 Å². The molecule has 3 fully saturated rings. The van der Waals surface area contributed by atoms with Crippen molar-refractivity contribution in [3.8, 4) is 0 Å². The highest BCUT2D eigenvalue weighted by atomic mass is 16.8. The largest absolute Gasteiger partial charge is 0.394 e. The first kappa shape index (κ1) is 27.9. The minimum atomic E-state index is -2.37. The molecule has 0 aromatic rings. The van der Waals surface area contributed by atoms with Gasteiger partial charge in [0.2, 0.25) is 5.79 Å². The number of aliphatic hydroxyl groups excluding tert-OH is 11. The van der Waals surface area contributed by atoms with E-state index in [4.69, 9.17) is 23.7 Å². The van der Waals surface area contributed by atoms with Gasteiger partial charge in [-0.1, -0.05) is 0 Å². The van der Waals surface area contributed by atoms with Gasteiger partial charge in [-0.2, -0.15) is 0 Å². The van der Waals surface area contributed by atoms with Crippen molar-refractivity contribution in [2.45, 2.75) is 85.5 Å². The van der Waals surface area contributed by atoms with Crippen LogP contribution in [0.15, 0.2) is 0 Å². The second kappa shape index (κ2) is 11.2. The highest BCUT2D eigenvalue weighted by Crippen LogP contribution is 2.33. The maximum absolute atomic E-state index is 10.3. The normalized spacial score (nSPS) is 52.5. The van der Waals surface area contributed by atoms with Crippen molar-refractivity contribution >= 4 is 0 Å². The molecule has 0 aromatic carbocycles. The Hall–Kier alpha value is -0.640. The average Bonchev–Trinajstić information content (AvgIpc) is 2.83. The van der Waals surface area contributed by atoms with Gasteiger partial charge in [0.25, 0.3) is 0 Å². The summed E-state index contributed by atoms with van der Waals surface area (Å²) in [4.78, 5) is 0. The van der Waals surface area contributed by atoms with E-state index in [0.717, 1.165) is 0 Å². The lowest BCUT2D eigenvalue weighted by molar-refractivity contribution is -0.417. The third-order valence-corrected chi connectivity index (χ3v) is 6.14. The van der Waals surface area contributed by atoms with Crippen LogP contribution in [0.3, 0.4) is 0 Å². The van der Waals surface area contributed by atoms with E-state index >= 15 is 0 Å². The molecule has 3 rings (SSSR count). The molecule has 0 radical (unpaired) electrons. The Bertz CT molecular complexity index is 653. The van der Waals surface area contributed by atoms with Crippen molar-refractivity contribution in [2.75, 3.05) is 26.4 Å². The van der Waals surface area contributed by atoms with E-state index in [9.17, 15) is 56.2 Å². The SMILES string of the molecule is OC[C@H]1O[C@H](OC[C@H]2O[C@H](O[C@]3(CO)OC[C@H](O)[C@@H](O)[C@@H]3O)[C@H](O)[C@@H](O)[C@@H]2O)[C@H](O)[C@@H](O)[C@@H]1O. The summed E-state index contributed by atoms with van der Waals surface area (Å²) in [5, 5.41) is 109. The molecule has 11 N–H and O–H groups in total. The van der Waals surface area contributed by atoms with Gasteiger partial charge < -0.3 is 79.9 Å². The van der Waals surface area contributed by atoms with Gasteiger partial charge in [-0.3, -0.25) is 0 Å². The second-order valence-corrected chi connectivity index (χ2v) is 8.45. The van der Waals surface area contributed by atoms with Crippen LogP contribution in [0.2, 0.25) is 0 Å². The maximum Gasteiger partial charge on any atom is 0.223 e. The van der Waals surface area contributed by atoms with Crippen molar-refractivity contribution in [3.05, 3.63) is 0 Å². The zero-order chi connectivity index (χ0) is 25.4. The lowest BCUT2D eigenvalue weighted by Gasteiger charge is -2.48. The Morgan fingerprint density at radius 2 is 1.24 bits per heavy atom. The fraction of sp³-hybridized carbons (Fsp3) is 1.00. The molecule has 3 aliphatic heterocycles. The van der Waals surface area contributed by atoms with E-state index in [1.165, 1.54) is 0 Å². The van der Waals surface area contributed by atoms with Crippen LogP contribution in [0.4, 0.5) is 0 Å². The minimum absolute atomic E-state index is 0.559. The summed E-state index contributed by atoms with van der Waals surface area (Å²) >= 11 is 0. The molecule has 3 heterocycles. The number of aliphatic hydroxyl groups is 11. The van der Waals surface area contributed by atoms with Gasteiger partial charge >= 0.3 is 0 Å². The Balaban J connectivity index is 1.69. The molecule has 16 heteroatoms. The molecule has 16 nitrogen and oxygen atoms in total. The van der Waals surface area contributed by atoms with E-state index in [0.29, 0.717) is 0 Å². The molecule has 3 aliphatic rings. The predicted octanol–water partition coefficient (Wildman–Crippen LogP) is -7.57. The summed E-state index contributed by atoms with van der Waals surface area (Å²) in [6, 6.07) is 0. The molecular weight excluding hydrogens is 472 g/mol. The Morgan fingerprint density at radius 1 is 0.676 bits per heavy atom. The van der Waals surface area contributed by atoms with Crippen molar-refractivity contribution in [3.63, 3.8) is 0 Å². The van der Waals surface area contributed by atoms with Crippen molar-refractivity contribution in [1.29, 1.82) is 0 Å². The molecule has 0 aliphatic carbocycles. The summed E-state index contributed by atoms with van der Waals surface area (Å²) in [7, 11) is 0. The van der Waals surface area contributed by atoms with Crippen molar-refractivity contribution in [1.82, 2.24) is 0 Å². The van der Waals surface area contributed by atoms with Gasteiger partial charge in [0.1, 0.15) is 73.8 Å². The molecule has 0 aromatic heterocycles. The Kier molecular flexibility index (Phi) is 9.18. The third-order valence-electron chi connectivity index (χ3n) is 6.14. The van der Waals surface area contributed by atoms with Gasteiger partial charge in [0.15, 0.2) is 12.6 Å². The van der Waals surface area contributed by atoms with E-state index in [1.807, 2.05) is 0 Å². The molecule has 0 spiro atoms. The van der Waals surface area contributed by atoms with Crippen LogP contribution in [0.1, 0.15) is 0 Å². The molecule has 3 saturated heterocycles. The lowest BCUT2D eigenvalue weighted by Crippen LogP contribution is -2.68. The predicted molar refractivity (Wildman–Crippen MR) is 101 cm³/mol. The van der Waals surface area contributed by atoms with Gasteiger partial charge in [-0.25, -0.2) is 0 Å². The van der Waals surface area contributed by atoms with Gasteiger partial charge in [0.05, 0.1) is 19.8 Å². The quantitative estimate of drug-likeness (QED) is 0.154. The van der Waals surface area contributed by atoms with Crippen LogP contribution in [0.25, 0.3) is 0 Å². The van der Waals surface area contributed by atoms with Crippen LogP contribution in [0, 0.1) is 0 Å². The topological polar surface area (TPSA) is 269 Å². The third kappa shape index (κ3) is 5.23. The average molecular weight is 504 g/mol. The molecule has 0 unspecified atom stereocenters. The fourth-order valence-corrected chi connectivity index (χ4v) is 3.90. The highest BCUT2D eigenvalue weighted by molar-refractivity contribution is 4.96. The molecule has 0 amide bonds. The van der Waals surface area contributed by atoms with Crippen molar-refractivity contribution in [2.24, 2.45) is 0 Å². The first-order valence-corrected chi connectivity index (χ1v) is 10.6. The monoisotopic (exact) mass is 504 g/mol. The van der Waals surface area contributed by atoms with E-state index in [-0.39, 0.29) is 0 Å². The standard InChI is InChI=1S/C18H32O16/c19-1-6-9(23)11(25)13(27)16(32-6)30-3-7-10(24)12(26)14(28)17(33-7)34-18(4-20)15(29)8(22)5(21)2-31-18/h5-17,19-29H,1-4H2/t5-,6+,7+,8+,9+,10+,11-,12-,13+,14+,15-,16-,17+,18-/m0/s1. The summed E-state index contributed by atoms with van der Waals surface area (Å²) in [5.74, 6) is -2.37. The Morgan fingerprint density at radius 3 is 1.82 bits per heavy atom. The number of hydrogen-bond donors (Lipinski definition) is 11. The maximum atomic E-state index is 10.3. The minimum Gasteiger partial charge on any atom is -0.394 e. The van der Waals surface area contributed by atoms with E-state index in [1.54, 1.807) is 0 Å². The fourth-order valence-electron chi connectivity index (χ4n) is 3.90. The van der Waals surface area contributed by atoms with Crippen LogP contribution in [-0.4, -0.2) is 168 Å². The molecular formula is C18H32O16. The molecule has 34 heavy (non-hydrogen) atoms. The summed E-state index contributed by atoms with van der Waals surface area (Å²) < 4.78 is 26.4. The van der Waals surface area contributed by atoms with Crippen molar-refractivity contribution < 1.29 is 79.9 Å². The zero-order valence-corrected chi connectivity index (χ0v) is 17.8. The number of ether oxygens (including phenoxy) is 5. The Labute approximate surface area is 192 Å². The first-order valence-electron chi connectivity index (χ1n) is 10.6.